The number of benzene rings is 2. The molecule has 2 aromatic carbocycles. The molecule has 2 rings (SSSR count). The molecule has 1 atom stereocenters. The molecule has 21 heavy (non-hydrogen) atoms. The fourth-order valence-electron chi connectivity index (χ4n) is 2.75. The van der Waals surface area contributed by atoms with Crippen LogP contribution in [0.25, 0.3) is 0 Å². The predicted molar refractivity (Wildman–Crippen MR) is 83.9 cm³/mol. The van der Waals surface area contributed by atoms with Gasteiger partial charge in [-0.15, -0.1) is 0 Å². The van der Waals surface area contributed by atoms with Gasteiger partial charge in [0.1, 0.15) is 17.1 Å². The Balaban J connectivity index is 2.68. The van der Waals surface area contributed by atoms with Gasteiger partial charge in [-0.25, -0.2) is 0 Å². The number of hydrogen-bond donors (Lipinski definition) is 1. The molecule has 0 aliphatic carbocycles. The van der Waals surface area contributed by atoms with Crippen LogP contribution in [0.3, 0.4) is 0 Å². The Bertz CT molecular complexity index is 558. The van der Waals surface area contributed by atoms with Crippen molar-refractivity contribution in [3.8, 4) is 11.5 Å². The lowest BCUT2D eigenvalue weighted by Gasteiger charge is -2.31. The zero-order valence-electron chi connectivity index (χ0n) is 12.8. The van der Waals surface area contributed by atoms with Gasteiger partial charge >= 0.3 is 0 Å². The van der Waals surface area contributed by atoms with Crippen molar-refractivity contribution in [3.05, 3.63) is 59.7 Å². The molecule has 0 saturated carbocycles. The molecule has 0 saturated heterocycles. The molecule has 0 amide bonds. The molecule has 1 unspecified atom stereocenters. The van der Waals surface area contributed by atoms with Crippen molar-refractivity contribution in [2.24, 2.45) is 0 Å². The van der Waals surface area contributed by atoms with Crippen molar-refractivity contribution in [2.45, 2.75) is 25.4 Å². The monoisotopic (exact) mass is 286 g/mol. The molecule has 0 aliphatic heterocycles. The van der Waals surface area contributed by atoms with Gasteiger partial charge < -0.3 is 14.6 Å². The Kier molecular flexibility index (Phi) is 4.86. The van der Waals surface area contributed by atoms with Crippen molar-refractivity contribution in [1.29, 1.82) is 0 Å². The highest BCUT2D eigenvalue weighted by Gasteiger charge is 2.36. The molecule has 1 N–H and O–H groups in total. The molecule has 0 bridgehead atoms. The maximum absolute atomic E-state index is 11.4. The van der Waals surface area contributed by atoms with Crippen molar-refractivity contribution in [2.75, 3.05) is 14.2 Å². The second kappa shape index (κ2) is 6.64. The van der Waals surface area contributed by atoms with Crippen LogP contribution in [0.1, 0.15) is 30.9 Å². The fourth-order valence-corrected chi connectivity index (χ4v) is 2.75. The van der Waals surface area contributed by atoms with E-state index >= 15 is 0 Å². The molecule has 112 valence electrons. The van der Waals surface area contributed by atoms with Gasteiger partial charge in [0.15, 0.2) is 0 Å². The van der Waals surface area contributed by atoms with E-state index in [1.165, 1.54) is 0 Å². The van der Waals surface area contributed by atoms with Crippen LogP contribution in [0.4, 0.5) is 0 Å². The Morgan fingerprint density at radius 1 is 0.905 bits per heavy atom. The topological polar surface area (TPSA) is 38.7 Å². The van der Waals surface area contributed by atoms with E-state index in [1.54, 1.807) is 14.2 Å². The van der Waals surface area contributed by atoms with Gasteiger partial charge in [-0.2, -0.15) is 0 Å². The maximum atomic E-state index is 11.4. The molecular weight excluding hydrogens is 264 g/mol. The van der Waals surface area contributed by atoms with E-state index in [4.69, 9.17) is 9.47 Å². The zero-order chi connectivity index (χ0) is 15.3. The van der Waals surface area contributed by atoms with Crippen molar-refractivity contribution in [1.82, 2.24) is 0 Å². The number of hydrogen-bond acceptors (Lipinski definition) is 3. The summed E-state index contributed by atoms with van der Waals surface area (Å²) in [6.07, 6.45) is 1.43. The van der Waals surface area contributed by atoms with Crippen LogP contribution in [-0.4, -0.2) is 19.3 Å². The summed E-state index contributed by atoms with van der Waals surface area (Å²) in [5.74, 6) is 1.27. The molecule has 0 heterocycles. The van der Waals surface area contributed by atoms with Crippen LogP contribution in [0, 0.1) is 0 Å². The summed E-state index contributed by atoms with van der Waals surface area (Å²) in [7, 11) is 3.21. The second-order valence-corrected chi connectivity index (χ2v) is 5.01. The average Bonchev–Trinajstić information content (AvgIpc) is 2.55. The van der Waals surface area contributed by atoms with Crippen molar-refractivity contribution >= 4 is 0 Å². The molecule has 3 heteroatoms. The first-order valence-corrected chi connectivity index (χ1v) is 7.16. The Labute approximate surface area is 126 Å². The third kappa shape index (κ3) is 2.88. The maximum Gasteiger partial charge on any atom is 0.129 e. The lowest BCUT2D eigenvalue weighted by molar-refractivity contribution is 0.0645. The number of rotatable bonds is 6. The Morgan fingerprint density at radius 2 is 1.48 bits per heavy atom. The molecule has 3 nitrogen and oxygen atoms in total. The fraction of sp³-hybridized carbons (Fsp3) is 0.333. The highest BCUT2D eigenvalue weighted by molar-refractivity contribution is 5.53. The third-order valence-electron chi connectivity index (χ3n) is 3.70. The highest BCUT2D eigenvalue weighted by Crippen LogP contribution is 2.44. The molecule has 0 spiro atoms. The van der Waals surface area contributed by atoms with Gasteiger partial charge in [0, 0.05) is 0 Å². The summed E-state index contributed by atoms with van der Waals surface area (Å²) >= 11 is 0. The largest absolute Gasteiger partial charge is 0.496 e. The molecule has 0 aliphatic rings. The molecule has 2 aromatic rings. The minimum absolute atomic E-state index is 0.591. The van der Waals surface area contributed by atoms with Gasteiger partial charge in [0.2, 0.25) is 0 Å². The van der Waals surface area contributed by atoms with Gasteiger partial charge in [0.25, 0.3) is 0 Å². The molecule has 0 aromatic heterocycles. The standard InChI is InChI=1S/C18H22O3/c1-4-13-18(19,14-9-6-5-7-10-14)17-15(20-2)11-8-12-16(17)21-3/h5-12,19H,4,13H2,1-3H3. The van der Waals surface area contributed by atoms with Crippen LogP contribution in [0.2, 0.25) is 0 Å². The first-order valence-electron chi connectivity index (χ1n) is 7.16. The van der Waals surface area contributed by atoms with E-state index in [0.29, 0.717) is 23.5 Å². The number of ether oxygens (including phenoxy) is 2. The van der Waals surface area contributed by atoms with Gasteiger partial charge in [-0.3, -0.25) is 0 Å². The number of methoxy groups -OCH3 is 2. The van der Waals surface area contributed by atoms with E-state index in [-0.39, 0.29) is 0 Å². The first-order chi connectivity index (χ1) is 10.2. The van der Waals surface area contributed by atoms with Crippen LogP contribution in [-0.2, 0) is 5.60 Å². The van der Waals surface area contributed by atoms with E-state index in [0.717, 1.165) is 12.0 Å². The quantitative estimate of drug-likeness (QED) is 0.879. The molecule has 0 radical (unpaired) electrons. The van der Waals surface area contributed by atoms with E-state index in [9.17, 15) is 5.11 Å². The smallest absolute Gasteiger partial charge is 0.129 e. The minimum Gasteiger partial charge on any atom is -0.496 e. The second-order valence-electron chi connectivity index (χ2n) is 5.01. The minimum atomic E-state index is -1.13. The van der Waals surface area contributed by atoms with Crippen LogP contribution in [0.5, 0.6) is 11.5 Å². The average molecular weight is 286 g/mol. The van der Waals surface area contributed by atoms with Gasteiger partial charge in [0.05, 0.1) is 19.8 Å². The highest BCUT2D eigenvalue weighted by atomic mass is 16.5. The zero-order valence-corrected chi connectivity index (χ0v) is 12.8. The SMILES string of the molecule is CCCC(O)(c1ccccc1)c1c(OC)cccc1OC. The number of aliphatic hydroxyl groups is 1. The molecule has 0 fully saturated rings. The van der Waals surface area contributed by atoms with E-state index in [2.05, 4.69) is 6.92 Å². The molecular formula is C18H22O3. The van der Waals surface area contributed by atoms with E-state index < -0.39 is 5.60 Å². The summed E-state index contributed by atoms with van der Waals surface area (Å²) in [5.41, 5.74) is 0.395. The first kappa shape index (κ1) is 15.4. The summed E-state index contributed by atoms with van der Waals surface area (Å²) in [4.78, 5) is 0. The van der Waals surface area contributed by atoms with E-state index in [1.807, 2.05) is 48.5 Å². The summed E-state index contributed by atoms with van der Waals surface area (Å²) < 4.78 is 10.9. The van der Waals surface area contributed by atoms with Crippen LogP contribution in [0.15, 0.2) is 48.5 Å². The predicted octanol–water partition coefficient (Wildman–Crippen LogP) is 3.74. The Morgan fingerprint density at radius 3 is 1.95 bits per heavy atom. The van der Waals surface area contributed by atoms with Crippen molar-refractivity contribution < 1.29 is 14.6 Å². The summed E-state index contributed by atoms with van der Waals surface area (Å²) in [6, 6.07) is 15.2. The van der Waals surface area contributed by atoms with Crippen LogP contribution < -0.4 is 9.47 Å². The third-order valence-corrected chi connectivity index (χ3v) is 3.70. The van der Waals surface area contributed by atoms with Gasteiger partial charge in [-0.1, -0.05) is 49.7 Å². The van der Waals surface area contributed by atoms with Crippen LogP contribution >= 0.6 is 0 Å². The normalized spacial score (nSPS) is 13.5. The lowest BCUT2D eigenvalue weighted by atomic mass is 9.81. The Hall–Kier alpha value is -2.00. The summed E-state index contributed by atoms with van der Waals surface area (Å²) in [6.45, 7) is 2.05. The lowest BCUT2D eigenvalue weighted by Crippen LogP contribution is -2.28. The van der Waals surface area contributed by atoms with Crippen molar-refractivity contribution in [3.63, 3.8) is 0 Å². The summed E-state index contributed by atoms with van der Waals surface area (Å²) in [5, 5.41) is 11.4. The van der Waals surface area contributed by atoms with Gasteiger partial charge in [-0.05, 0) is 24.1 Å².